The lowest BCUT2D eigenvalue weighted by Gasteiger charge is -2.04. The van der Waals surface area contributed by atoms with Gasteiger partial charge in [0.1, 0.15) is 5.69 Å². The van der Waals surface area contributed by atoms with Gasteiger partial charge in [-0.05, 0) is 18.6 Å². The minimum absolute atomic E-state index is 0.152. The van der Waals surface area contributed by atoms with E-state index in [1.54, 1.807) is 18.2 Å². The number of thiazole rings is 1. The number of hydrogen-bond donors (Lipinski definition) is 2. The highest BCUT2D eigenvalue weighted by molar-refractivity contribution is 7.93. The third-order valence-corrected chi connectivity index (χ3v) is 5.07. The second-order valence-corrected chi connectivity index (χ2v) is 7.11. The van der Waals surface area contributed by atoms with Crippen LogP contribution in [0.1, 0.15) is 30.3 Å². The summed E-state index contributed by atoms with van der Waals surface area (Å²) in [6.45, 7) is 2.61. The number of anilines is 1. The molecule has 0 fully saturated rings. The van der Waals surface area contributed by atoms with Gasteiger partial charge in [0.2, 0.25) is 0 Å². The van der Waals surface area contributed by atoms with E-state index in [1.807, 2.05) is 6.92 Å². The number of rotatable bonds is 7. The molecule has 118 valence electrons. The molecule has 8 heteroatoms. The standard InChI is InChI=1S/C14H17N3O3S2/c1-2-3-9-15-13(18)12-10-21-14(16-12)17-22(19,20)11-7-5-4-6-8-11/h4-8,10H,2-3,9H2,1H3,(H,15,18)(H,16,17). The highest BCUT2D eigenvalue weighted by Crippen LogP contribution is 2.20. The Morgan fingerprint density at radius 2 is 2.00 bits per heavy atom. The van der Waals surface area contributed by atoms with Gasteiger partial charge < -0.3 is 5.32 Å². The maximum atomic E-state index is 12.1. The molecule has 0 aliphatic rings. The topological polar surface area (TPSA) is 88.2 Å². The third kappa shape index (κ3) is 4.28. The number of nitrogens with zero attached hydrogens (tertiary/aromatic N) is 1. The summed E-state index contributed by atoms with van der Waals surface area (Å²) in [4.78, 5) is 16.0. The Kier molecular flexibility index (Phi) is 5.51. The van der Waals surface area contributed by atoms with Crippen LogP contribution in [0.25, 0.3) is 0 Å². The molecule has 0 spiro atoms. The average molecular weight is 339 g/mol. The summed E-state index contributed by atoms with van der Waals surface area (Å²) in [5, 5.41) is 4.44. The Labute approximate surface area is 133 Å². The Morgan fingerprint density at radius 1 is 1.27 bits per heavy atom. The van der Waals surface area contributed by atoms with Crippen molar-refractivity contribution < 1.29 is 13.2 Å². The van der Waals surface area contributed by atoms with Crippen LogP contribution in [0.2, 0.25) is 0 Å². The van der Waals surface area contributed by atoms with Crippen molar-refractivity contribution in [1.29, 1.82) is 0 Å². The first-order chi connectivity index (χ1) is 10.5. The summed E-state index contributed by atoms with van der Waals surface area (Å²) in [5.41, 5.74) is 0.215. The van der Waals surface area contributed by atoms with E-state index in [4.69, 9.17) is 0 Å². The molecular formula is C14H17N3O3S2. The monoisotopic (exact) mass is 339 g/mol. The van der Waals surface area contributed by atoms with Crippen LogP contribution < -0.4 is 10.0 Å². The minimum atomic E-state index is -3.68. The van der Waals surface area contributed by atoms with E-state index in [-0.39, 0.29) is 21.6 Å². The maximum Gasteiger partial charge on any atom is 0.270 e. The first kappa shape index (κ1) is 16.4. The van der Waals surface area contributed by atoms with E-state index in [0.717, 1.165) is 24.2 Å². The average Bonchev–Trinajstić information content (AvgIpc) is 2.96. The predicted molar refractivity (Wildman–Crippen MR) is 86.6 cm³/mol. The van der Waals surface area contributed by atoms with E-state index >= 15 is 0 Å². The van der Waals surface area contributed by atoms with Crippen molar-refractivity contribution in [3.8, 4) is 0 Å². The largest absolute Gasteiger partial charge is 0.351 e. The molecule has 0 unspecified atom stereocenters. The maximum absolute atomic E-state index is 12.1. The summed E-state index contributed by atoms with van der Waals surface area (Å²) in [5.74, 6) is -0.296. The smallest absolute Gasteiger partial charge is 0.270 e. The molecule has 1 amide bonds. The summed E-state index contributed by atoms with van der Waals surface area (Å²) < 4.78 is 26.7. The van der Waals surface area contributed by atoms with Crippen LogP contribution in [0.15, 0.2) is 40.6 Å². The van der Waals surface area contributed by atoms with Crippen molar-refractivity contribution in [2.24, 2.45) is 0 Å². The van der Waals surface area contributed by atoms with Gasteiger partial charge in [-0.15, -0.1) is 11.3 Å². The molecule has 0 aliphatic heterocycles. The van der Waals surface area contributed by atoms with Gasteiger partial charge >= 0.3 is 0 Å². The zero-order valence-electron chi connectivity index (χ0n) is 12.1. The van der Waals surface area contributed by atoms with Crippen LogP contribution in [0.3, 0.4) is 0 Å². The molecule has 1 aromatic carbocycles. The van der Waals surface area contributed by atoms with Crippen molar-refractivity contribution in [3.05, 3.63) is 41.4 Å². The zero-order valence-corrected chi connectivity index (χ0v) is 13.7. The van der Waals surface area contributed by atoms with Crippen molar-refractivity contribution in [2.45, 2.75) is 24.7 Å². The fourth-order valence-electron chi connectivity index (χ4n) is 1.67. The summed E-state index contributed by atoms with van der Waals surface area (Å²) in [6.07, 6.45) is 1.88. The van der Waals surface area contributed by atoms with E-state index < -0.39 is 10.0 Å². The molecule has 6 nitrogen and oxygen atoms in total. The van der Waals surface area contributed by atoms with E-state index in [9.17, 15) is 13.2 Å². The summed E-state index contributed by atoms with van der Waals surface area (Å²) in [6, 6.07) is 8.01. The van der Waals surface area contributed by atoms with Crippen LogP contribution >= 0.6 is 11.3 Å². The van der Waals surface area contributed by atoms with Gasteiger partial charge in [-0.3, -0.25) is 9.52 Å². The van der Waals surface area contributed by atoms with Crippen molar-refractivity contribution in [1.82, 2.24) is 10.3 Å². The van der Waals surface area contributed by atoms with Crippen LogP contribution in [-0.4, -0.2) is 25.9 Å². The summed E-state index contributed by atoms with van der Waals surface area (Å²) in [7, 11) is -3.68. The molecule has 0 saturated heterocycles. The molecule has 0 bridgehead atoms. The number of aromatic nitrogens is 1. The molecule has 0 saturated carbocycles. The molecule has 0 atom stereocenters. The number of hydrogen-bond acceptors (Lipinski definition) is 5. The Morgan fingerprint density at radius 3 is 2.68 bits per heavy atom. The van der Waals surface area contributed by atoms with Gasteiger partial charge in [0.15, 0.2) is 5.13 Å². The van der Waals surface area contributed by atoms with E-state index in [1.165, 1.54) is 17.5 Å². The third-order valence-electron chi connectivity index (χ3n) is 2.83. The number of carbonyl (C=O) groups is 1. The molecule has 2 aromatic rings. The van der Waals surface area contributed by atoms with Crippen molar-refractivity contribution in [2.75, 3.05) is 11.3 Å². The van der Waals surface area contributed by atoms with Crippen LogP contribution in [0, 0.1) is 0 Å². The second-order valence-electron chi connectivity index (χ2n) is 4.57. The van der Waals surface area contributed by atoms with E-state index in [0.29, 0.717) is 6.54 Å². The number of carbonyl (C=O) groups excluding carboxylic acids is 1. The highest BCUT2D eigenvalue weighted by atomic mass is 32.2. The molecule has 2 N–H and O–H groups in total. The fourth-order valence-corrected chi connectivity index (χ4v) is 3.63. The summed E-state index contributed by atoms with van der Waals surface area (Å²) >= 11 is 1.08. The lowest BCUT2D eigenvalue weighted by Crippen LogP contribution is -2.24. The molecule has 22 heavy (non-hydrogen) atoms. The number of unbranched alkanes of at least 4 members (excludes halogenated alkanes) is 1. The van der Waals surface area contributed by atoms with Gasteiger partial charge in [-0.25, -0.2) is 13.4 Å². The first-order valence-corrected chi connectivity index (χ1v) is 9.21. The predicted octanol–water partition coefficient (Wildman–Crippen LogP) is 2.47. The van der Waals surface area contributed by atoms with Crippen molar-refractivity contribution in [3.63, 3.8) is 0 Å². The van der Waals surface area contributed by atoms with Crippen LogP contribution in [-0.2, 0) is 10.0 Å². The SMILES string of the molecule is CCCCNC(=O)c1csc(NS(=O)(=O)c2ccccc2)n1. The lowest BCUT2D eigenvalue weighted by atomic mass is 10.3. The van der Waals surface area contributed by atoms with Gasteiger partial charge in [-0.2, -0.15) is 0 Å². The Balaban J connectivity index is 2.04. The molecule has 1 aromatic heterocycles. The van der Waals surface area contributed by atoms with Crippen LogP contribution in [0.5, 0.6) is 0 Å². The second kappa shape index (κ2) is 7.37. The van der Waals surface area contributed by atoms with E-state index in [2.05, 4.69) is 15.0 Å². The van der Waals surface area contributed by atoms with Crippen LogP contribution in [0.4, 0.5) is 5.13 Å². The molecule has 0 aliphatic carbocycles. The Bertz CT molecular complexity index is 727. The fraction of sp³-hybridized carbons (Fsp3) is 0.286. The van der Waals surface area contributed by atoms with Gasteiger partial charge in [0.05, 0.1) is 4.90 Å². The normalized spacial score (nSPS) is 11.1. The Hall–Kier alpha value is -1.93. The zero-order chi connectivity index (χ0) is 16.0. The van der Waals surface area contributed by atoms with Gasteiger partial charge in [0.25, 0.3) is 15.9 Å². The highest BCUT2D eigenvalue weighted by Gasteiger charge is 2.17. The number of sulfonamides is 1. The minimum Gasteiger partial charge on any atom is -0.351 e. The van der Waals surface area contributed by atoms with Gasteiger partial charge in [0, 0.05) is 11.9 Å². The quantitative estimate of drug-likeness (QED) is 0.759. The number of nitrogens with one attached hydrogen (secondary N) is 2. The number of benzene rings is 1. The molecular weight excluding hydrogens is 322 g/mol. The molecule has 1 heterocycles. The first-order valence-electron chi connectivity index (χ1n) is 6.84. The van der Waals surface area contributed by atoms with Gasteiger partial charge in [-0.1, -0.05) is 31.5 Å². The van der Waals surface area contributed by atoms with Crippen molar-refractivity contribution >= 4 is 32.4 Å². The number of amides is 1. The molecule has 0 radical (unpaired) electrons. The molecule has 2 rings (SSSR count). The lowest BCUT2D eigenvalue weighted by molar-refractivity contribution is 0.0949.